The van der Waals surface area contributed by atoms with Crippen LogP contribution in [0.2, 0.25) is 0 Å². The number of pyridine rings is 2. The highest BCUT2D eigenvalue weighted by molar-refractivity contribution is 5.94. The van der Waals surface area contributed by atoms with Crippen molar-refractivity contribution in [2.75, 3.05) is 29.4 Å². The summed E-state index contributed by atoms with van der Waals surface area (Å²) in [5.41, 5.74) is 34.2. The number of hydrogen-bond donors (Lipinski definition) is 0. The molecule has 550 valence electrons. The molecule has 2 aliphatic rings. The largest absolute Gasteiger partial charge is 0.310 e. The van der Waals surface area contributed by atoms with Crippen molar-refractivity contribution < 1.29 is 0 Å². The first-order valence-electron chi connectivity index (χ1n) is 39.0. The maximum atomic E-state index is 5.31. The maximum Gasteiger partial charge on any atom is 0.0712 e. The number of rotatable bonds is 16. The molecule has 2 aromatic heterocycles. The third-order valence-corrected chi connectivity index (χ3v) is 22.5. The fourth-order valence-electron chi connectivity index (χ4n) is 16.9. The molecule has 8 nitrogen and oxygen atoms in total. The average Bonchev–Trinajstić information content (AvgIpc) is 0.718. The number of benzene rings is 14. The monoisotopic (exact) mass is 1460 g/mol. The smallest absolute Gasteiger partial charge is 0.0712 e. The van der Waals surface area contributed by atoms with Crippen molar-refractivity contribution in [3.05, 3.63) is 433 Å². The lowest BCUT2D eigenvalue weighted by Crippen LogP contribution is -2.31. The van der Waals surface area contributed by atoms with Crippen LogP contribution in [0.25, 0.3) is 22.5 Å². The first-order valence-corrected chi connectivity index (χ1v) is 39.0. The van der Waals surface area contributed by atoms with Gasteiger partial charge in [-0.1, -0.05) is 216 Å². The van der Waals surface area contributed by atoms with Gasteiger partial charge in [0, 0.05) is 90.2 Å². The lowest BCUT2D eigenvalue weighted by molar-refractivity contribution is 0.631. The van der Waals surface area contributed by atoms with Gasteiger partial charge in [0.2, 0.25) is 0 Å². The van der Waals surface area contributed by atoms with E-state index in [4.69, 9.17) is 9.97 Å². The number of aryl methyl sites for hydroxylation is 5. The quantitative estimate of drug-likeness (QED) is 0.0948. The topological polar surface area (TPSA) is 45.2 Å². The lowest BCUT2D eigenvalue weighted by atomic mass is 9.73. The number of hydrogen-bond acceptors (Lipinski definition) is 8. The van der Waals surface area contributed by atoms with Gasteiger partial charge < -0.3 is 29.4 Å². The summed E-state index contributed by atoms with van der Waals surface area (Å²) in [6, 6.07) is 137. The van der Waals surface area contributed by atoms with Gasteiger partial charge in [-0.25, -0.2) is 0 Å². The summed E-state index contributed by atoms with van der Waals surface area (Å²) in [7, 11) is 0. The third kappa shape index (κ3) is 13.7. The molecule has 0 radical (unpaired) electrons. The third-order valence-electron chi connectivity index (χ3n) is 22.5. The minimum absolute atomic E-state index is 0.367. The Morgan fingerprint density at radius 2 is 0.442 bits per heavy atom. The van der Waals surface area contributed by atoms with Gasteiger partial charge in [-0.2, -0.15) is 0 Å². The Balaban J connectivity index is 0.000000164. The fraction of sp³-hybridized carbons (Fsp3) is 0.105. The molecule has 0 fully saturated rings. The van der Waals surface area contributed by atoms with Crippen molar-refractivity contribution in [2.45, 2.75) is 73.1 Å². The highest BCUT2D eigenvalue weighted by Gasteiger charge is 2.41. The van der Waals surface area contributed by atoms with E-state index in [2.05, 4.69) is 474 Å². The summed E-state index contributed by atoms with van der Waals surface area (Å²) in [4.78, 5) is 24.8. The zero-order valence-electron chi connectivity index (χ0n) is 65.5. The van der Waals surface area contributed by atoms with Crippen molar-refractivity contribution in [3.8, 4) is 22.5 Å². The Hall–Kier alpha value is -13.8. The molecular weight excluding hydrogens is 1370 g/mol. The minimum Gasteiger partial charge on any atom is -0.310 e. The van der Waals surface area contributed by atoms with E-state index in [0.29, 0.717) is 0 Å². The standard InChI is InChI=1S/C53H46N4.C52H44N4/c1-37-19-18-20-38(2)52(37)48-31-34-49(39(3)54-48)57-50-32-29-44(55(40-21-10-6-11-22-40)41-23-12-7-13-24-41)35-46(50)53(4,5)47-36-45(30-33-51(47)57)56(42-25-14-8-15-26-42)43-27-16-9-17-28-43;1-37-19-17-18-28-45(37)48-31-34-49(38(2)53-48)56-50-32-29-43(54(39-20-9-5-10-21-39)40-22-11-6-12-23-40)35-46(50)52(3,4)47-36-44(30-33-51(47)56)55(41-24-13-7-14-25-41)42-26-15-8-16-27-42/h6-36H,1-5H3;5-36H,1-4H3. The predicted molar refractivity (Wildman–Crippen MR) is 475 cm³/mol. The number of fused-ring (bicyclic) bond motifs is 4. The molecule has 0 atom stereocenters. The van der Waals surface area contributed by atoms with Crippen LogP contribution in [-0.2, 0) is 10.8 Å². The van der Waals surface area contributed by atoms with Crippen LogP contribution in [-0.4, -0.2) is 9.97 Å². The Bertz CT molecular complexity index is 5630. The van der Waals surface area contributed by atoms with E-state index in [-0.39, 0.29) is 10.8 Å². The molecule has 14 aromatic carbocycles. The molecule has 0 bridgehead atoms. The van der Waals surface area contributed by atoms with Crippen LogP contribution in [0.3, 0.4) is 0 Å². The highest BCUT2D eigenvalue weighted by Crippen LogP contribution is 2.58. The zero-order valence-corrected chi connectivity index (χ0v) is 65.5. The van der Waals surface area contributed by atoms with Crippen LogP contribution in [0.15, 0.2) is 382 Å². The van der Waals surface area contributed by atoms with Crippen molar-refractivity contribution in [3.63, 3.8) is 0 Å². The van der Waals surface area contributed by atoms with Gasteiger partial charge in [-0.15, -0.1) is 0 Å². The molecule has 0 aliphatic carbocycles. The molecular formula is C105H90N8. The molecule has 8 heteroatoms. The SMILES string of the molecule is Cc1cccc(C)c1-c1ccc(N2c3ccc(N(c4ccccc4)c4ccccc4)cc3C(C)(C)c3cc(N(c4ccccc4)c4ccccc4)ccc32)c(C)n1.Cc1ccccc1-c1ccc(N2c3ccc(N(c4ccccc4)c4ccccc4)cc3C(C)(C)c3cc(N(c4ccccc4)c4ccccc4)ccc32)c(C)n1. The van der Waals surface area contributed by atoms with Crippen molar-refractivity contribution in [1.82, 2.24) is 9.97 Å². The first-order chi connectivity index (χ1) is 55.2. The van der Waals surface area contributed by atoms with E-state index >= 15 is 0 Å². The highest BCUT2D eigenvalue weighted by atomic mass is 15.2. The van der Waals surface area contributed by atoms with Crippen LogP contribution in [0.1, 0.15) is 78.0 Å². The molecule has 16 aromatic rings. The summed E-state index contributed by atoms with van der Waals surface area (Å²) in [6.07, 6.45) is 0. The Morgan fingerprint density at radius 1 is 0.212 bits per heavy atom. The summed E-state index contributed by atoms with van der Waals surface area (Å²) < 4.78 is 0. The number of nitrogens with zero attached hydrogens (tertiary/aromatic N) is 8. The fourth-order valence-corrected chi connectivity index (χ4v) is 16.9. The van der Waals surface area contributed by atoms with E-state index in [9.17, 15) is 0 Å². The van der Waals surface area contributed by atoms with Crippen LogP contribution in [0, 0.1) is 34.6 Å². The predicted octanol–water partition coefficient (Wildman–Crippen LogP) is 29.1. The average molecular weight is 1460 g/mol. The van der Waals surface area contributed by atoms with Crippen LogP contribution in [0.5, 0.6) is 0 Å². The van der Waals surface area contributed by atoms with Crippen molar-refractivity contribution in [2.24, 2.45) is 0 Å². The number of anilines is 18. The van der Waals surface area contributed by atoms with Gasteiger partial charge in [0.25, 0.3) is 0 Å². The summed E-state index contributed by atoms with van der Waals surface area (Å²) in [5.74, 6) is 0. The summed E-state index contributed by atoms with van der Waals surface area (Å²) >= 11 is 0. The van der Waals surface area contributed by atoms with Crippen LogP contribution in [0.4, 0.5) is 102 Å². The molecule has 2 aliphatic heterocycles. The van der Waals surface area contributed by atoms with Crippen LogP contribution >= 0.6 is 0 Å². The second-order valence-electron chi connectivity index (χ2n) is 30.4. The van der Waals surface area contributed by atoms with E-state index in [1.807, 2.05) is 0 Å². The molecule has 0 spiro atoms. The second-order valence-corrected chi connectivity index (χ2v) is 30.4. The van der Waals surface area contributed by atoms with Crippen molar-refractivity contribution >= 4 is 102 Å². The molecule has 4 heterocycles. The Labute approximate surface area is 665 Å². The van der Waals surface area contributed by atoms with Gasteiger partial charge in [-0.05, 0) is 268 Å². The molecule has 0 amide bonds. The maximum absolute atomic E-state index is 5.31. The zero-order chi connectivity index (χ0) is 77.3. The first kappa shape index (κ1) is 72.1. The molecule has 0 unspecified atom stereocenters. The Morgan fingerprint density at radius 3 is 0.708 bits per heavy atom. The van der Waals surface area contributed by atoms with Gasteiger partial charge >= 0.3 is 0 Å². The molecule has 0 N–H and O–H groups in total. The van der Waals surface area contributed by atoms with E-state index in [0.717, 1.165) is 131 Å². The van der Waals surface area contributed by atoms with Gasteiger partial charge in [-0.3, -0.25) is 9.97 Å². The summed E-state index contributed by atoms with van der Waals surface area (Å²) in [6.45, 7) is 20.3. The van der Waals surface area contributed by atoms with Crippen molar-refractivity contribution in [1.29, 1.82) is 0 Å². The lowest BCUT2D eigenvalue weighted by Gasteiger charge is -2.43. The van der Waals surface area contributed by atoms with Gasteiger partial charge in [0.1, 0.15) is 0 Å². The minimum atomic E-state index is -0.370. The number of aromatic nitrogens is 2. The number of para-hydroxylation sites is 8. The molecule has 18 rings (SSSR count). The van der Waals surface area contributed by atoms with Crippen LogP contribution < -0.4 is 29.4 Å². The molecule has 0 saturated heterocycles. The molecule has 0 saturated carbocycles. The Kier molecular flexibility index (Phi) is 19.5. The molecule has 113 heavy (non-hydrogen) atoms. The van der Waals surface area contributed by atoms with Gasteiger partial charge in [0.15, 0.2) is 0 Å². The second kappa shape index (κ2) is 30.6. The van der Waals surface area contributed by atoms with E-state index in [1.165, 1.54) is 44.5 Å². The van der Waals surface area contributed by atoms with Gasteiger partial charge in [0.05, 0.1) is 56.9 Å². The summed E-state index contributed by atoms with van der Waals surface area (Å²) in [5, 5.41) is 0. The van der Waals surface area contributed by atoms with E-state index < -0.39 is 0 Å². The van der Waals surface area contributed by atoms with E-state index in [1.54, 1.807) is 0 Å². The normalized spacial score (nSPS) is 12.8.